The van der Waals surface area contributed by atoms with E-state index in [-0.39, 0.29) is 22.5 Å². The van der Waals surface area contributed by atoms with Crippen molar-refractivity contribution < 1.29 is 27.5 Å². The smallest absolute Gasteiger partial charge is 0.404 e. The van der Waals surface area contributed by atoms with E-state index in [0.29, 0.717) is 12.8 Å². The van der Waals surface area contributed by atoms with Crippen molar-refractivity contribution in [2.75, 3.05) is 4.90 Å². The Bertz CT molecular complexity index is 808. The lowest BCUT2D eigenvalue weighted by Gasteiger charge is -2.39. The van der Waals surface area contributed by atoms with Gasteiger partial charge >= 0.3 is 12.3 Å². The van der Waals surface area contributed by atoms with Crippen LogP contribution in [-0.2, 0) is 9.59 Å². The van der Waals surface area contributed by atoms with E-state index >= 15 is 0 Å². The minimum absolute atomic E-state index is 0.0903. The number of terminal acetylenes is 1. The number of carbonyl (C=O) groups excluding carboxylic acids is 2. The Labute approximate surface area is 152 Å². The molecule has 2 aliphatic rings. The average Bonchev–Trinajstić information content (AvgIpc) is 3.15. The van der Waals surface area contributed by atoms with Gasteiger partial charge in [0, 0.05) is 5.69 Å². The molecule has 0 saturated heterocycles. The number of benzene rings is 1. The summed E-state index contributed by atoms with van der Waals surface area (Å²) >= 11 is 5.87. The van der Waals surface area contributed by atoms with E-state index in [9.17, 15) is 22.8 Å². The topological polar surface area (TPSA) is 72.6 Å². The molecular formula is C17H14ClF3N2O3. The zero-order chi connectivity index (χ0) is 19.3. The highest BCUT2D eigenvalue weighted by Gasteiger charge is 2.60. The highest BCUT2D eigenvalue weighted by molar-refractivity contribution is 6.32. The summed E-state index contributed by atoms with van der Waals surface area (Å²) < 4.78 is 41.0. The van der Waals surface area contributed by atoms with Gasteiger partial charge in [0.05, 0.1) is 5.02 Å². The lowest BCUT2D eigenvalue weighted by Crippen LogP contribution is -2.59. The van der Waals surface area contributed by atoms with Crippen molar-refractivity contribution >= 4 is 29.1 Å². The van der Waals surface area contributed by atoms with Gasteiger partial charge in [0.25, 0.3) is 0 Å². The predicted molar refractivity (Wildman–Crippen MR) is 87.2 cm³/mol. The number of primary amides is 1. The number of alkyl halides is 3. The molecule has 0 radical (unpaired) electrons. The van der Waals surface area contributed by atoms with Crippen molar-refractivity contribution in [3.05, 3.63) is 23.2 Å². The van der Waals surface area contributed by atoms with Crippen LogP contribution >= 0.6 is 11.6 Å². The second kappa shape index (κ2) is 6.09. The molecule has 2 saturated carbocycles. The molecule has 3 rings (SSSR count). The summed E-state index contributed by atoms with van der Waals surface area (Å²) in [5.74, 6) is 0.351. The van der Waals surface area contributed by atoms with E-state index in [0.717, 1.165) is 23.5 Å². The second-order valence-corrected chi connectivity index (χ2v) is 6.91. The quantitative estimate of drug-likeness (QED) is 0.809. The van der Waals surface area contributed by atoms with Crippen LogP contribution in [0.1, 0.15) is 19.3 Å². The Morgan fingerprint density at radius 3 is 2.42 bits per heavy atom. The van der Waals surface area contributed by atoms with Crippen LogP contribution in [0, 0.1) is 24.2 Å². The van der Waals surface area contributed by atoms with Crippen LogP contribution in [0.2, 0.25) is 5.02 Å². The predicted octanol–water partition coefficient (Wildman–Crippen LogP) is 2.86. The molecule has 2 amide bonds. The number of carbonyl (C=O) groups is 2. The van der Waals surface area contributed by atoms with Gasteiger partial charge in [-0.15, -0.1) is 19.6 Å². The molecule has 0 aliphatic heterocycles. The molecule has 2 unspecified atom stereocenters. The summed E-state index contributed by atoms with van der Waals surface area (Å²) in [7, 11) is 0. The number of amides is 2. The molecular weight excluding hydrogens is 373 g/mol. The molecule has 0 heterocycles. The number of fused-ring (bicyclic) bond motifs is 1. The SMILES string of the molecule is C#CC(=O)N(c1ccc(OC(F)(F)F)c(Cl)c1)C1(C(N)=O)CC2CC2C1. The number of ether oxygens (including phenoxy) is 1. The number of hydrogen-bond acceptors (Lipinski definition) is 3. The molecule has 138 valence electrons. The third kappa shape index (κ3) is 3.19. The molecule has 1 aromatic carbocycles. The maximum atomic E-state index is 12.4. The zero-order valence-corrected chi connectivity index (χ0v) is 14.1. The zero-order valence-electron chi connectivity index (χ0n) is 13.3. The van der Waals surface area contributed by atoms with Crippen LogP contribution in [0.3, 0.4) is 0 Å². The van der Waals surface area contributed by atoms with Gasteiger partial charge in [-0.25, -0.2) is 0 Å². The van der Waals surface area contributed by atoms with Crippen molar-refractivity contribution in [3.8, 4) is 18.1 Å². The van der Waals surface area contributed by atoms with Gasteiger partial charge < -0.3 is 10.5 Å². The van der Waals surface area contributed by atoms with Gasteiger partial charge in [0.1, 0.15) is 11.3 Å². The van der Waals surface area contributed by atoms with Crippen LogP contribution in [0.25, 0.3) is 0 Å². The normalized spacial score (nSPS) is 26.6. The number of anilines is 1. The number of rotatable bonds is 4. The van der Waals surface area contributed by atoms with Gasteiger partial charge in [0.2, 0.25) is 5.91 Å². The molecule has 2 fully saturated rings. The Morgan fingerprint density at radius 1 is 1.35 bits per heavy atom. The van der Waals surface area contributed by atoms with E-state index in [4.69, 9.17) is 23.8 Å². The number of nitrogens with two attached hydrogens (primary N) is 1. The van der Waals surface area contributed by atoms with Gasteiger partial charge in [0.15, 0.2) is 0 Å². The lowest BCUT2D eigenvalue weighted by atomic mass is 9.89. The molecule has 0 spiro atoms. The van der Waals surface area contributed by atoms with E-state index in [1.807, 2.05) is 5.92 Å². The Hall–Kier alpha value is -2.40. The van der Waals surface area contributed by atoms with Gasteiger partial charge in [-0.3, -0.25) is 14.5 Å². The van der Waals surface area contributed by atoms with Crippen LogP contribution in [0.15, 0.2) is 18.2 Å². The fourth-order valence-electron chi connectivity index (χ4n) is 3.71. The molecule has 26 heavy (non-hydrogen) atoms. The summed E-state index contributed by atoms with van der Waals surface area (Å²) in [6, 6.07) is 3.26. The van der Waals surface area contributed by atoms with E-state index in [1.165, 1.54) is 6.07 Å². The van der Waals surface area contributed by atoms with Crippen LogP contribution in [-0.4, -0.2) is 23.7 Å². The first-order valence-electron chi connectivity index (χ1n) is 7.73. The minimum atomic E-state index is -4.92. The van der Waals surface area contributed by atoms with Gasteiger partial charge in [-0.05, 0) is 55.2 Å². The van der Waals surface area contributed by atoms with Crippen LogP contribution in [0.5, 0.6) is 5.75 Å². The Kier molecular flexibility index (Phi) is 4.31. The van der Waals surface area contributed by atoms with Crippen molar-refractivity contribution in [2.24, 2.45) is 17.6 Å². The summed E-state index contributed by atoms with van der Waals surface area (Å²) in [6.07, 6.45) is 1.99. The largest absolute Gasteiger partial charge is 0.573 e. The molecule has 9 heteroatoms. The Balaban J connectivity index is 2.02. The fraction of sp³-hybridized carbons (Fsp3) is 0.412. The summed E-state index contributed by atoms with van der Waals surface area (Å²) in [5, 5.41) is -0.377. The molecule has 5 nitrogen and oxygen atoms in total. The van der Waals surface area contributed by atoms with Crippen LogP contribution < -0.4 is 15.4 Å². The fourth-order valence-corrected chi connectivity index (χ4v) is 3.93. The average molecular weight is 387 g/mol. The summed E-state index contributed by atoms with van der Waals surface area (Å²) in [4.78, 5) is 25.7. The molecule has 0 aromatic heterocycles. The number of hydrogen-bond donors (Lipinski definition) is 1. The standard InChI is InChI=1S/C17H14ClF3N2O3/c1-2-14(24)23(16(15(22)25)7-9-5-10(9)8-16)11-3-4-13(12(18)6-11)26-17(19,20)21/h1,3-4,6,9-10H,5,7-8H2,(H2,22,25). The third-order valence-electron chi connectivity index (χ3n) is 4.88. The third-order valence-corrected chi connectivity index (χ3v) is 5.18. The molecule has 2 N–H and O–H groups in total. The van der Waals surface area contributed by atoms with Crippen LogP contribution in [0.4, 0.5) is 18.9 Å². The summed E-state index contributed by atoms with van der Waals surface area (Å²) in [6.45, 7) is 0. The van der Waals surface area contributed by atoms with Crippen molar-refractivity contribution in [3.63, 3.8) is 0 Å². The molecule has 1 aromatic rings. The number of halogens is 4. The van der Waals surface area contributed by atoms with E-state index in [1.54, 1.807) is 0 Å². The van der Waals surface area contributed by atoms with E-state index in [2.05, 4.69) is 4.74 Å². The lowest BCUT2D eigenvalue weighted by molar-refractivity contribution is -0.274. The summed E-state index contributed by atoms with van der Waals surface area (Å²) in [5.41, 5.74) is 4.37. The maximum absolute atomic E-state index is 12.4. The highest BCUT2D eigenvalue weighted by atomic mass is 35.5. The maximum Gasteiger partial charge on any atom is 0.573 e. The van der Waals surface area contributed by atoms with Crippen molar-refractivity contribution in [2.45, 2.75) is 31.2 Å². The number of nitrogens with zero attached hydrogens (tertiary/aromatic N) is 1. The molecule has 0 bridgehead atoms. The Morgan fingerprint density at radius 2 is 1.96 bits per heavy atom. The molecule has 2 atom stereocenters. The second-order valence-electron chi connectivity index (χ2n) is 6.51. The van der Waals surface area contributed by atoms with E-state index < -0.39 is 29.5 Å². The molecule has 2 aliphatic carbocycles. The monoisotopic (exact) mass is 386 g/mol. The first-order valence-corrected chi connectivity index (χ1v) is 8.11. The van der Waals surface area contributed by atoms with Crippen molar-refractivity contribution in [1.29, 1.82) is 0 Å². The minimum Gasteiger partial charge on any atom is -0.404 e. The highest BCUT2D eigenvalue weighted by Crippen LogP contribution is 2.58. The van der Waals surface area contributed by atoms with Crippen molar-refractivity contribution in [1.82, 2.24) is 0 Å². The first kappa shape index (κ1) is 18.4. The van der Waals surface area contributed by atoms with Gasteiger partial charge in [-0.2, -0.15) is 0 Å². The van der Waals surface area contributed by atoms with Gasteiger partial charge in [-0.1, -0.05) is 11.6 Å². The first-order chi connectivity index (χ1) is 12.1.